The lowest BCUT2D eigenvalue weighted by Gasteiger charge is -1.98. The zero-order valence-corrected chi connectivity index (χ0v) is 7.61. The standard InChI is InChI=1S/C7H7NO4S/c1-12-13(11)7-5-3-2-4-6(7)8(9)10/h2-5H,1H3. The van der Waals surface area contributed by atoms with Gasteiger partial charge < -0.3 is 0 Å². The Kier molecular flexibility index (Phi) is 3.10. The van der Waals surface area contributed by atoms with Gasteiger partial charge >= 0.3 is 0 Å². The van der Waals surface area contributed by atoms with E-state index in [1.165, 1.54) is 25.3 Å². The van der Waals surface area contributed by atoms with Gasteiger partial charge in [-0.2, -0.15) is 0 Å². The zero-order valence-electron chi connectivity index (χ0n) is 6.80. The first kappa shape index (κ1) is 9.82. The fraction of sp³-hybridized carbons (Fsp3) is 0.143. The van der Waals surface area contributed by atoms with E-state index in [-0.39, 0.29) is 10.6 Å². The van der Waals surface area contributed by atoms with Crippen molar-refractivity contribution in [3.8, 4) is 0 Å². The van der Waals surface area contributed by atoms with Gasteiger partial charge in [0.05, 0.1) is 12.0 Å². The van der Waals surface area contributed by atoms with Crippen LogP contribution in [0, 0.1) is 10.1 Å². The second-order valence-corrected chi connectivity index (χ2v) is 3.37. The highest BCUT2D eigenvalue weighted by Crippen LogP contribution is 2.21. The highest BCUT2D eigenvalue weighted by molar-refractivity contribution is 7.80. The van der Waals surface area contributed by atoms with Crippen molar-refractivity contribution in [3.05, 3.63) is 34.4 Å². The summed E-state index contributed by atoms with van der Waals surface area (Å²) in [5, 5.41) is 10.5. The first-order valence-corrected chi connectivity index (χ1v) is 4.44. The molecule has 0 spiro atoms. The molecular formula is C7H7NO4S. The van der Waals surface area contributed by atoms with E-state index in [2.05, 4.69) is 4.18 Å². The molecule has 1 aromatic carbocycles. The van der Waals surface area contributed by atoms with E-state index in [1.807, 2.05) is 0 Å². The first-order valence-electron chi connectivity index (χ1n) is 3.36. The van der Waals surface area contributed by atoms with Crippen LogP contribution in [0.25, 0.3) is 0 Å². The fourth-order valence-corrected chi connectivity index (χ4v) is 1.52. The van der Waals surface area contributed by atoms with E-state index in [4.69, 9.17) is 0 Å². The van der Waals surface area contributed by atoms with Gasteiger partial charge in [-0.25, -0.2) is 4.21 Å². The number of hydrogen-bond acceptors (Lipinski definition) is 4. The third-order valence-electron chi connectivity index (χ3n) is 1.39. The molecule has 0 radical (unpaired) electrons. The molecule has 5 nitrogen and oxygen atoms in total. The van der Waals surface area contributed by atoms with E-state index >= 15 is 0 Å². The summed E-state index contributed by atoms with van der Waals surface area (Å²) in [5.41, 5.74) is -0.192. The second kappa shape index (κ2) is 4.11. The molecule has 0 aliphatic heterocycles. The van der Waals surface area contributed by atoms with Crippen molar-refractivity contribution >= 4 is 16.8 Å². The van der Waals surface area contributed by atoms with Gasteiger partial charge in [0.25, 0.3) is 5.69 Å². The Morgan fingerprint density at radius 1 is 1.46 bits per heavy atom. The molecule has 0 fully saturated rings. The number of nitro groups is 1. The molecule has 0 amide bonds. The molecule has 0 heterocycles. The maximum absolute atomic E-state index is 11.1. The average Bonchev–Trinajstić information content (AvgIpc) is 2.16. The predicted molar refractivity (Wildman–Crippen MR) is 46.5 cm³/mol. The minimum atomic E-state index is -1.76. The molecule has 70 valence electrons. The molecule has 0 saturated heterocycles. The lowest BCUT2D eigenvalue weighted by atomic mass is 10.3. The summed E-state index contributed by atoms with van der Waals surface area (Å²) in [4.78, 5) is 9.95. The number of hydrogen-bond donors (Lipinski definition) is 0. The Morgan fingerprint density at radius 3 is 2.62 bits per heavy atom. The Balaban J connectivity index is 3.19. The van der Waals surface area contributed by atoms with Crippen molar-refractivity contribution in [2.75, 3.05) is 7.11 Å². The Hall–Kier alpha value is -1.27. The fourth-order valence-electron chi connectivity index (χ4n) is 0.839. The minimum Gasteiger partial charge on any atom is -0.290 e. The molecular weight excluding hydrogens is 194 g/mol. The van der Waals surface area contributed by atoms with Crippen LogP contribution in [0.4, 0.5) is 5.69 Å². The van der Waals surface area contributed by atoms with Gasteiger partial charge in [-0.05, 0) is 6.07 Å². The van der Waals surface area contributed by atoms with Crippen LogP contribution in [-0.2, 0) is 15.3 Å². The van der Waals surface area contributed by atoms with E-state index in [0.717, 1.165) is 0 Å². The van der Waals surface area contributed by atoms with Gasteiger partial charge in [0, 0.05) is 6.07 Å². The molecule has 1 unspecified atom stereocenters. The van der Waals surface area contributed by atoms with Crippen molar-refractivity contribution in [2.45, 2.75) is 4.90 Å². The molecule has 0 bridgehead atoms. The smallest absolute Gasteiger partial charge is 0.287 e. The SMILES string of the molecule is COS(=O)c1ccccc1[N+](=O)[O-]. The minimum absolute atomic E-state index is 0.0787. The topological polar surface area (TPSA) is 69.4 Å². The highest BCUT2D eigenvalue weighted by atomic mass is 32.2. The third-order valence-corrected chi connectivity index (χ3v) is 2.40. The van der Waals surface area contributed by atoms with Gasteiger partial charge in [0.2, 0.25) is 0 Å². The maximum atomic E-state index is 11.1. The van der Waals surface area contributed by atoms with Crippen LogP contribution in [0.15, 0.2) is 29.2 Å². The Labute approximate surface area is 77.1 Å². The van der Waals surface area contributed by atoms with Crippen LogP contribution in [0.5, 0.6) is 0 Å². The molecule has 1 atom stereocenters. The van der Waals surface area contributed by atoms with Crippen molar-refractivity contribution in [2.24, 2.45) is 0 Å². The van der Waals surface area contributed by atoms with E-state index < -0.39 is 16.0 Å². The van der Waals surface area contributed by atoms with E-state index in [9.17, 15) is 14.3 Å². The van der Waals surface area contributed by atoms with Crippen molar-refractivity contribution in [1.29, 1.82) is 0 Å². The second-order valence-electron chi connectivity index (χ2n) is 2.13. The van der Waals surface area contributed by atoms with Gasteiger partial charge in [0.15, 0.2) is 11.1 Å². The lowest BCUT2D eigenvalue weighted by molar-refractivity contribution is -0.387. The number of benzene rings is 1. The summed E-state index contributed by atoms with van der Waals surface area (Å²) >= 11 is -1.76. The molecule has 1 aromatic rings. The molecule has 1 rings (SSSR count). The molecule has 0 aliphatic carbocycles. The molecule has 0 aliphatic rings. The van der Waals surface area contributed by atoms with Crippen LogP contribution in [0.1, 0.15) is 0 Å². The lowest BCUT2D eigenvalue weighted by Crippen LogP contribution is -1.99. The molecule has 0 saturated carbocycles. The predicted octanol–water partition coefficient (Wildman–Crippen LogP) is 1.26. The number of para-hydroxylation sites is 1. The molecule has 6 heteroatoms. The van der Waals surface area contributed by atoms with Gasteiger partial charge in [-0.15, -0.1) is 0 Å². The summed E-state index contributed by atoms with van der Waals surface area (Å²) in [6, 6.07) is 5.76. The Morgan fingerprint density at radius 2 is 2.08 bits per heavy atom. The number of rotatable bonds is 3. The van der Waals surface area contributed by atoms with E-state index in [1.54, 1.807) is 6.07 Å². The van der Waals surface area contributed by atoms with Crippen molar-refractivity contribution in [3.63, 3.8) is 0 Å². The largest absolute Gasteiger partial charge is 0.290 e. The Bertz CT molecular complexity index is 352. The molecule has 13 heavy (non-hydrogen) atoms. The summed E-state index contributed by atoms with van der Waals surface area (Å²) in [6.45, 7) is 0. The molecule has 0 N–H and O–H groups in total. The quantitative estimate of drug-likeness (QED) is 0.545. The third kappa shape index (κ3) is 2.10. The summed E-state index contributed by atoms with van der Waals surface area (Å²) in [6.07, 6.45) is 0. The van der Waals surface area contributed by atoms with Crippen LogP contribution in [0.2, 0.25) is 0 Å². The average molecular weight is 201 g/mol. The summed E-state index contributed by atoms with van der Waals surface area (Å²) in [5.74, 6) is 0. The van der Waals surface area contributed by atoms with Crippen LogP contribution >= 0.6 is 0 Å². The highest BCUT2D eigenvalue weighted by Gasteiger charge is 2.17. The maximum Gasteiger partial charge on any atom is 0.287 e. The van der Waals surface area contributed by atoms with Crippen molar-refractivity contribution < 1.29 is 13.3 Å². The molecule has 0 aromatic heterocycles. The van der Waals surface area contributed by atoms with Crippen molar-refractivity contribution in [1.82, 2.24) is 0 Å². The monoisotopic (exact) mass is 201 g/mol. The van der Waals surface area contributed by atoms with E-state index in [0.29, 0.717) is 0 Å². The van der Waals surface area contributed by atoms with Crippen LogP contribution in [0.3, 0.4) is 0 Å². The van der Waals surface area contributed by atoms with Crippen LogP contribution in [-0.4, -0.2) is 16.2 Å². The first-order chi connectivity index (χ1) is 6.16. The zero-order chi connectivity index (χ0) is 9.84. The normalized spacial score (nSPS) is 12.4. The van der Waals surface area contributed by atoms with Gasteiger partial charge in [0.1, 0.15) is 4.90 Å². The number of nitrogens with zero attached hydrogens (tertiary/aromatic N) is 1. The van der Waals surface area contributed by atoms with Gasteiger partial charge in [-0.3, -0.25) is 14.3 Å². The summed E-state index contributed by atoms with van der Waals surface area (Å²) in [7, 11) is 1.23. The van der Waals surface area contributed by atoms with Gasteiger partial charge in [-0.1, -0.05) is 12.1 Å². The van der Waals surface area contributed by atoms with Crippen LogP contribution < -0.4 is 0 Å². The summed E-state index contributed by atoms with van der Waals surface area (Å²) < 4.78 is 15.6. The number of nitro benzene ring substituents is 1.